The number of carbonyl (C=O) groups excluding carboxylic acids is 1. The highest BCUT2D eigenvalue weighted by molar-refractivity contribution is 5.96. The first-order valence-corrected chi connectivity index (χ1v) is 11.6. The van der Waals surface area contributed by atoms with Crippen molar-refractivity contribution in [3.63, 3.8) is 0 Å². The molecule has 7 heteroatoms. The minimum atomic E-state index is -0.693. The van der Waals surface area contributed by atoms with Crippen molar-refractivity contribution in [1.29, 1.82) is 0 Å². The van der Waals surface area contributed by atoms with E-state index in [2.05, 4.69) is 45.1 Å². The molecule has 0 saturated carbocycles. The number of carbonyl (C=O) groups is 1. The van der Waals surface area contributed by atoms with Crippen LogP contribution in [0.3, 0.4) is 0 Å². The second-order valence-corrected chi connectivity index (χ2v) is 9.82. The van der Waals surface area contributed by atoms with Crippen LogP contribution in [0.2, 0.25) is 0 Å². The zero-order chi connectivity index (χ0) is 24.2. The predicted molar refractivity (Wildman–Crippen MR) is 130 cm³/mol. The summed E-state index contributed by atoms with van der Waals surface area (Å²) in [4.78, 5) is 13.2. The fourth-order valence-corrected chi connectivity index (χ4v) is 3.74. The summed E-state index contributed by atoms with van der Waals surface area (Å²) in [6, 6.07) is 14.0. The first kappa shape index (κ1) is 24.6. The van der Waals surface area contributed by atoms with Crippen molar-refractivity contribution in [2.75, 3.05) is 0 Å². The van der Waals surface area contributed by atoms with Crippen molar-refractivity contribution in [2.45, 2.75) is 78.4 Å². The van der Waals surface area contributed by atoms with Gasteiger partial charge in [-0.15, -0.1) is 5.10 Å². The Morgan fingerprint density at radius 3 is 2.42 bits per heavy atom. The number of nitrogens with one attached hydrogen (secondary N) is 1. The molecule has 3 aromatic rings. The second-order valence-electron chi connectivity index (χ2n) is 9.82. The molecular formula is C26H35N5O2. The van der Waals surface area contributed by atoms with Gasteiger partial charge in [0.15, 0.2) is 5.82 Å². The van der Waals surface area contributed by atoms with E-state index >= 15 is 0 Å². The Balaban J connectivity index is 1.91. The SMILES string of the molecule is Cc1ccc(-c2cc(C(=O)NC(C)CCCC(C)(C)O)cc(-n3nnnc3C(C)C)c2)cc1. The molecule has 0 bridgehead atoms. The van der Waals surface area contributed by atoms with E-state index in [1.54, 1.807) is 18.5 Å². The fourth-order valence-electron chi connectivity index (χ4n) is 3.74. The number of hydrogen-bond donors (Lipinski definition) is 2. The standard InChI is InChI=1S/C26H35N5O2/c1-17(2)24-28-29-30-31(24)23-15-21(20-11-9-18(3)10-12-20)14-22(16-23)25(32)27-19(4)8-7-13-26(5,6)33/h9-12,14-17,19,33H,7-8,13H2,1-6H3,(H,27,32). The van der Waals surface area contributed by atoms with Gasteiger partial charge in [-0.2, -0.15) is 4.68 Å². The molecule has 1 atom stereocenters. The summed E-state index contributed by atoms with van der Waals surface area (Å²) >= 11 is 0. The maximum Gasteiger partial charge on any atom is 0.251 e. The molecule has 2 N–H and O–H groups in total. The maximum absolute atomic E-state index is 13.2. The molecule has 0 aliphatic heterocycles. The first-order valence-electron chi connectivity index (χ1n) is 11.6. The van der Waals surface area contributed by atoms with E-state index in [0.29, 0.717) is 12.0 Å². The zero-order valence-corrected chi connectivity index (χ0v) is 20.5. The Morgan fingerprint density at radius 2 is 1.79 bits per heavy atom. The van der Waals surface area contributed by atoms with Crippen LogP contribution < -0.4 is 5.32 Å². The van der Waals surface area contributed by atoms with E-state index < -0.39 is 5.60 Å². The molecule has 1 heterocycles. The Hall–Kier alpha value is -3.06. The largest absolute Gasteiger partial charge is 0.390 e. The molecule has 0 fully saturated rings. The number of benzene rings is 2. The average Bonchev–Trinajstić information content (AvgIpc) is 3.23. The van der Waals surface area contributed by atoms with Crippen molar-refractivity contribution < 1.29 is 9.90 Å². The monoisotopic (exact) mass is 449 g/mol. The summed E-state index contributed by atoms with van der Waals surface area (Å²) < 4.78 is 1.70. The van der Waals surface area contributed by atoms with Gasteiger partial charge in [-0.3, -0.25) is 4.79 Å². The molecule has 3 rings (SSSR count). The lowest BCUT2D eigenvalue weighted by Gasteiger charge is -2.19. The van der Waals surface area contributed by atoms with Gasteiger partial charge in [-0.1, -0.05) is 43.7 Å². The molecule has 2 aromatic carbocycles. The van der Waals surface area contributed by atoms with Crippen molar-refractivity contribution >= 4 is 5.91 Å². The van der Waals surface area contributed by atoms with Crippen LogP contribution in [0.25, 0.3) is 16.8 Å². The Labute approximate surface area is 196 Å². The number of rotatable bonds is 9. The van der Waals surface area contributed by atoms with E-state index in [9.17, 15) is 9.90 Å². The van der Waals surface area contributed by atoms with Crippen LogP contribution in [0.5, 0.6) is 0 Å². The summed E-state index contributed by atoms with van der Waals surface area (Å²) in [5.74, 6) is 0.735. The van der Waals surface area contributed by atoms with Gasteiger partial charge in [0.25, 0.3) is 5.91 Å². The van der Waals surface area contributed by atoms with Crippen molar-refractivity contribution in [3.05, 3.63) is 59.4 Å². The average molecular weight is 450 g/mol. The van der Waals surface area contributed by atoms with Gasteiger partial charge in [-0.05, 0) is 86.7 Å². The molecular weight excluding hydrogens is 414 g/mol. The van der Waals surface area contributed by atoms with Gasteiger partial charge in [0.1, 0.15) is 0 Å². The third-order valence-corrected chi connectivity index (χ3v) is 5.62. The van der Waals surface area contributed by atoms with Crippen LogP contribution in [0.4, 0.5) is 0 Å². The molecule has 7 nitrogen and oxygen atoms in total. The van der Waals surface area contributed by atoms with Crippen LogP contribution in [-0.2, 0) is 0 Å². The molecule has 176 valence electrons. The number of aromatic nitrogens is 4. The molecule has 0 aliphatic carbocycles. The number of aliphatic hydroxyl groups is 1. The number of aryl methyl sites for hydroxylation is 1. The van der Waals surface area contributed by atoms with Crippen LogP contribution in [0.15, 0.2) is 42.5 Å². The molecule has 0 saturated heterocycles. The van der Waals surface area contributed by atoms with Crippen LogP contribution in [-0.4, -0.2) is 42.9 Å². The normalized spacial score (nSPS) is 12.7. The Kier molecular flexibility index (Phi) is 7.64. The lowest BCUT2D eigenvalue weighted by atomic mass is 9.99. The van der Waals surface area contributed by atoms with Gasteiger partial charge in [0.05, 0.1) is 11.3 Å². The second kappa shape index (κ2) is 10.3. The van der Waals surface area contributed by atoms with Crippen molar-refractivity contribution in [1.82, 2.24) is 25.5 Å². The van der Waals surface area contributed by atoms with E-state index in [1.807, 2.05) is 45.9 Å². The van der Waals surface area contributed by atoms with Crippen molar-refractivity contribution in [3.8, 4) is 16.8 Å². The van der Waals surface area contributed by atoms with E-state index in [1.165, 1.54) is 5.56 Å². The molecule has 1 unspecified atom stereocenters. The lowest BCUT2D eigenvalue weighted by molar-refractivity contribution is 0.0674. The van der Waals surface area contributed by atoms with Gasteiger partial charge in [0, 0.05) is 17.5 Å². The smallest absolute Gasteiger partial charge is 0.251 e. The highest BCUT2D eigenvalue weighted by Gasteiger charge is 2.18. The molecule has 33 heavy (non-hydrogen) atoms. The number of tetrazole rings is 1. The van der Waals surface area contributed by atoms with E-state index in [-0.39, 0.29) is 17.9 Å². The maximum atomic E-state index is 13.2. The molecule has 0 spiro atoms. The van der Waals surface area contributed by atoms with Gasteiger partial charge < -0.3 is 10.4 Å². The highest BCUT2D eigenvalue weighted by atomic mass is 16.3. The molecule has 0 radical (unpaired) electrons. The Bertz CT molecular complexity index is 1080. The summed E-state index contributed by atoms with van der Waals surface area (Å²) in [6.07, 6.45) is 2.32. The predicted octanol–water partition coefficient (Wildman–Crippen LogP) is 4.82. The third kappa shape index (κ3) is 6.71. The Morgan fingerprint density at radius 1 is 1.09 bits per heavy atom. The number of nitrogens with zero attached hydrogens (tertiary/aromatic N) is 4. The highest BCUT2D eigenvalue weighted by Crippen LogP contribution is 2.26. The first-order chi connectivity index (χ1) is 15.5. The quantitative estimate of drug-likeness (QED) is 0.488. The summed E-state index contributed by atoms with van der Waals surface area (Å²) in [6.45, 7) is 11.7. The van der Waals surface area contributed by atoms with E-state index in [4.69, 9.17) is 0 Å². The van der Waals surface area contributed by atoms with E-state index in [0.717, 1.165) is 35.5 Å². The minimum absolute atomic E-state index is 0.00871. The van der Waals surface area contributed by atoms with Crippen molar-refractivity contribution in [2.24, 2.45) is 0 Å². The molecule has 0 aliphatic rings. The summed E-state index contributed by atoms with van der Waals surface area (Å²) in [5.41, 5.74) is 3.74. The third-order valence-electron chi connectivity index (χ3n) is 5.62. The fraction of sp³-hybridized carbons (Fsp3) is 0.462. The molecule has 1 aromatic heterocycles. The zero-order valence-electron chi connectivity index (χ0n) is 20.5. The van der Waals surface area contributed by atoms with Gasteiger partial charge in [-0.25, -0.2) is 0 Å². The number of amides is 1. The lowest BCUT2D eigenvalue weighted by Crippen LogP contribution is -2.33. The summed E-state index contributed by atoms with van der Waals surface area (Å²) in [7, 11) is 0. The van der Waals surface area contributed by atoms with Gasteiger partial charge >= 0.3 is 0 Å². The van der Waals surface area contributed by atoms with Crippen LogP contribution in [0.1, 0.15) is 81.5 Å². The van der Waals surface area contributed by atoms with Gasteiger partial charge in [0.2, 0.25) is 0 Å². The van der Waals surface area contributed by atoms with Crippen LogP contribution in [0, 0.1) is 6.92 Å². The minimum Gasteiger partial charge on any atom is -0.390 e. The topological polar surface area (TPSA) is 92.9 Å². The summed E-state index contributed by atoms with van der Waals surface area (Å²) in [5, 5.41) is 25.2. The number of hydrogen-bond acceptors (Lipinski definition) is 5. The molecule has 1 amide bonds. The van der Waals surface area contributed by atoms with Crippen LogP contribution >= 0.6 is 0 Å².